The van der Waals surface area contributed by atoms with Gasteiger partial charge in [0, 0.05) is 19.0 Å². The Hall–Kier alpha value is -3.02. The maximum Gasteiger partial charge on any atom is 0.261 e. The Morgan fingerprint density at radius 3 is 2.23 bits per heavy atom. The molecule has 1 aliphatic heterocycles. The fraction of sp³-hybridized carbons (Fsp3) is 0.250. The smallest absolute Gasteiger partial charge is 0.261 e. The van der Waals surface area contributed by atoms with Crippen LogP contribution in [-0.2, 0) is 11.2 Å². The molecule has 0 bridgehead atoms. The zero-order valence-corrected chi connectivity index (χ0v) is 14.4. The van der Waals surface area contributed by atoms with Crippen LogP contribution >= 0.6 is 0 Å². The van der Waals surface area contributed by atoms with E-state index in [9.17, 15) is 18.8 Å². The van der Waals surface area contributed by atoms with E-state index >= 15 is 0 Å². The maximum absolute atomic E-state index is 13.6. The van der Waals surface area contributed by atoms with Gasteiger partial charge >= 0.3 is 0 Å². The molecular weight excluding hydrogens is 335 g/mol. The molecule has 2 aromatic carbocycles. The lowest BCUT2D eigenvalue weighted by Crippen LogP contribution is -2.44. The third kappa shape index (κ3) is 3.64. The van der Waals surface area contributed by atoms with Gasteiger partial charge in [-0.1, -0.05) is 30.3 Å². The number of nitrogens with zero attached hydrogens (tertiary/aromatic N) is 1. The molecular formula is C20H19FN2O3. The number of halogens is 1. The summed E-state index contributed by atoms with van der Waals surface area (Å²) < 4.78 is 13.6. The average Bonchev–Trinajstić information content (AvgIpc) is 2.86. The van der Waals surface area contributed by atoms with Crippen molar-refractivity contribution in [3.63, 3.8) is 0 Å². The van der Waals surface area contributed by atoms with Crippen molar-refractivity contribution in [1.29, 1.82) is 0 Å². The van der Waals surface area contributed by atoms with E-state index in [2.05, 4.69) is 5.32 Å². The highest BCUT2D eigenvalue weighted by atomic mass is 19.1. The second-order valence-corrected chi connectivity index (χ2v) is 6.33. The molecule has 26 heavy (non-hydrogen) atoms. The lowest BCUT2D eigenvalue weighted by atomic mass is 10.1. The van der Waals surface area contributed by atoms with Gasteiger partial charge in [0.25, 0.3) is 11.8 Å². The van der Waals surface area contributed by atoms with Crippen molar-refractivity contribution in [2.45, 2.75) is 25.8 Å². The number of hydrogen-bond donors (Lipinski definition) is 1. The summed E-state index contributed by atoms with van der Waals surface area (Å²) in [6, 6.07) is 12.6. The average molecular weight is 354 g/mol. The summed E-state index contributed by atoms with van der Waals surface area (Å²) in [4.78, 5) is 37.9. The van der Waals surface area contributed by atoms with Gasteiger partial charge in [0.2, 0.25) is 5.91 Å². The molecule has 1 atom stereocenters. The molecule has 2 aromatic rings. The summed E-state index contributed by atoms with van der Waals surface area (Å²) in [7, 11) is 0. The van der Waals surface area contributed by atoms with E-state index in [1.54, 1.807) is 49.4 Å². The van der Waals surface area contributed by atoms with E-state index in [1.807, 2.05) is 0 Å². The van der Waals surface area contributed by atoms with Crippen LogP contribution in [0.4, 0.5) is 4.39 Å². The Bertz CT molecular complexity index is 831. The number of rotatable bonds is 6. The molecule has 0 aromatic heterocycles. The van der Waals surface area contributed by atoms with Gasteiger partial charge in [-0.15, -0.1) is 0 Å². The first kappa shape index (κ1) is 17.8. The first-order valence-electron chi connectivity index (χ1n) is 8.45. The molecule has 0 spiro atoms. The van der Waals surface area contributed by atoms with E-state index in [-0.39, 0.29) is 42.9 Å². The second kappa shape index (κ2) is 7.47. The van der Waals surface area contributed by atoms with Crippen molar-refractivity contribution < 1.29 is 18.8 Å². The van der Waals surface area contributed by atoms with Gasteiger partial charge in [0.15, 0.2) is 0 Å². The fourth-order valence-electron chi connectivity index (χ4n) is 3.02. The predicted molar refractivity (Wildman–Crippen MR) is 94.1 cm³/mol. The maximum atomic E-state index is 13.6. The van der Waals surface area contributed by atoms with Gasteiger partial charge in [0.05, 0.1) is 11.1 Å². The van der Waals surface area contributed by atoms with Gasteiger partial charge in [0.1, 0.15) is 5.82 Å². The zero-order chi connectivity index (χ0) is 18.7. The number of carbonyl (C=O) groups is 3. The molecule has 0 saturated heterocycles. The SMILES string of the molecule is C[C@H](CN1C(=O)c2ccccc2C1=O)NC(=O)CCc1ccccc1F. The molecule has 3 rings (SSSR count). The molecule has 134 valence electrons. The van der Waals surface area contributed by atoms with Crippen molar-refractivity contribution >= 4 is 17.7 Å². The van der Waals surface area contributed by atoms with Crippen LogP contribution in [0.5, 0.6) is 0 Å². The highest BCUT2D eigenvalue weighted by molar-refractivity contribution is 6.21. The third-order valence-corrected chi connectivity index (χ3v) is 4.32. The molecule has 0 saturated carbocycles. The monoisotopic (exact) mass is 354 g/mol. The minimum Gasteiger partial charge on any atom is -0.352 e. The zero-order valence-electron chi connectivity index (χ0n) is 14.4. The number of imide groups is 1. The number of nitrogens with one attached hydrogen (secondary N) is 1. The van der Waals surface area contributed by atoms with E-state index in [1.165, 1.54) is 6.07 Å². The standard InChI is InChI=1S/C20H19FN2O3/c1-13(22-18(24)11-10-14-6-2-5-9-17(14)21)12-23-19(25)15-7-3-4-8-16(15)20(23)26/h2-9,13H,10-12H2,1H3,(H,22,24)/t13-/m1/s1. The quantitative estimate of drug-likeness (QED) is 0.811. The van der Waals surface area contributed by atoms with Gasteiger partial charge in [-0.25, -0.2) is 4.39 Å². The molecule has 6 heteroatoms. The van der Waals surface area contributed by atoms with Crippen molar-refractivity contribution in [2.24, 2.45) is 0 Å². The number of benzene rings is 2. The van der Waals surface area contributed by atoms with Gasteiger partial charge < -0.3 is 5.32 Å². The second-order valence-electron chi connectivity index (χ2n) is 6.33. The number of fused-ring (bicyclic) bond motifs is 1. The molecule has 1 N–H and O–H groups in total. The number of hydrogen-bond acceptors (Lipinski definition) is 3. The Balaban J connectivity index is 1.54. The van der Waals surface area contributed by atoms with Crippen molar-refractivity contribution in [1.82, 2.24) is 10.2 Å². The van der Waals surface area contributed by atoms with Gasteiger partial charge in [-0.05, 0) is 37.1 Å². The van der Waals surface area contributed by atoms with Gasteiger partial charge in [-0.2, -0.15) is 0 Å². The van der Waals surface area contributed by atoms with Crippen LogP contribution in [0.3, 0.4) is 0 Å². The van der Waals surface area contributed by atoms with Crippen LogP contribution in [0.1, 0.15) is 39.6 Å². The molecule has 5 nitrogen and oxygen atoms in total. The lowest BCUT2D eigenvalue weighted by molar-refractivity contribution is -0.121. The summed E-state index contributed by atoms with van der Waals surface area (Å²) in [6.07, 6.45) is 0.422. The van der Waals surface area contributed by atoms with E-state index in [0.717, 1.165) is 4.90 Å². The largest absolute Gasteiger partial charge is 0.352 e. The van der Waals surface area contributed by atoms with Crippen molar-refractivity contribution in [3.05, 3.63) is 71.0 Å². The minimum absolute atomic E-state index is 0.0950. The van der Waals surface area contributed by atoms with Crippen LogP contribution in [0.2, 0.25) is 0 Å². The highest BCUT2D eigenvalue weighted by Gasteiger charge is 2.35. The lowest BCUT2D eigenvalue weighted by Gasteiger charge is -2.20. The summed E-state index contributed by atoms with van der Waals surface area (Å²) >= 11 is 0. The molecule has 1 aliphatic rings. The van der Waals surface area contributed by atoms with Crippen LogP contribution in [0.15, 0.2) is 48.5 Å². The summed E-state index contributed by atoms with van der Waals surface area (Å²) in [5.41, 5.74) is 1.25. The predicted octanol–water partition coefficient (Wildman–Crippen LogP) is 2.56. The van der Waals surface area contributed by atoms with E-state index < -0.39 is 6.04 Å². The minimum atomic E-state index is -0.398. The Labute approximate surface area is 150 Å². The molecule has 0 unspecified atom stereocenters. The Morgan fingerprint density at radius 1 is 1.04 bits per heavy atom. The molecule has 0 fully saturated rings. The van der Waals surface area contributed by atoms with E-state index in [0.29, 0.717) is 16.7 Å². The summed E-state index contributed by atoms with van der Waals surface area (Å²) in [5, 5.41) is 2.76. The summed E-state index contributed by atoms with van der Waals surface area (Å²) in [6.45, 7) is 1.82. The number of carbonyl (C=O) groups excluding carboxylic acids is 3. The number of aryl methyl sites for hydroxylation is 1. The van der Waals surface area contributed by atoms with Crippen LogP contribution in [-0.4, -0.2) is 35.2 Å². The van der Waals surface area contributed by atoms with E-state index in [4.69, 9.17) is 0 Å². The van der Waals surface area contributed by atoms with Crippen molar-refractivity contribution in [3.8, 4) is 0 Å². The van der Waals surface area contributed by atoms with Crippen LogP contribution in [0, 0.1) is 5.82 Å². The number of amides is 3. The molecule has 0 radical (unpaired) electrons. The normalized spacial score (nSPS) is 14.3. The highest BCUT2D eigenvalue weighted by Crippen LogP contribution is 2.22. The Morgan fingerprint density at radius 2 is 1.62 bits per heavy atom. The Kier molecular flexibility index (Phi) is 5.11. The fourth-order valence-corrected chi connectivity index (χ4v) is 3.02. The van der Waals surface area contributed by atoms with Crippen molar-refractivity contribution in [2.75, 3.05) is 6.54 Å². The third-order valence-electron chi connectivity index (χ3n) is 4.32. The molecule has 1 heterocycles. The topological polar surface area (TPSA) is 66.5 Å². The first-order chi connectivity index (χ1) is 12.5. The van der Waals surface area contributed by atoms with Crippen LogP contribution in [0.25, 0.3) is 0 Å². The van der Waals surface area contributed by atoms with Crippen LogP contribution < -0.4 is 5.32 Å². The summed E-state index contributed by atoms with van der Waals surface area (Å²) in [5.74, 6) is -1.28. The molecule has 0 aliphatic carbocycles. The molecule has 3 amide bonds. The van der Waals surface area contributed by atoms with Gasteiger partial charge in [-0.3, -0.25) is 19.3 Å². The first-order valence-corrected chi connectivity index (χ1v) is 8.45.